The van der Waals surface area contributed by atoms with Gasteiger partial charge in [0.1, 0.15) is 5.82 Å². The molecule has 27 heavy (non-hydrogen) atoms. The summed E-state index contributed by atoms with van der Waals surface area (Å²) in [6, 6.07) is 10.6. The standard InChI is InChI=1S/C20H19ClFN3O2/c1-11-18(14-6-4-5-7-15(14)19(26)23-11)12(2)25(3)20(27)24-13-8-9-17(22)16(21)10-13/h4-10,12H,1-3H3,(H,23,26)(H,24,27)/t12-/m0/s1. The number of amides is 2. The summed E-state index contributed by atoms with van der Waals surface area (Å²) < 4.78 is 13.3. The molecule has 0 bridgehead atoms. The first-order valence-corrected chi connectivity index (χ1v) is 8.77. The summed E-state index contributed by atoms with van der Waals surface area (Å²) in [6.07, 6.45) is 0. The van der Waals surface area contributed by atoms with Crippen LogP contribution in [0.5, 0.6) is 0 Å². The number of nitrogens with one attached hydrogen (secondary N) is 2. The Hall–Kier alpha value is -2.86. The SMILES string of the molecule is Cc1[nH]c(=O)c2ccccc2c1[C@H](C)N(C)C(=O)Nc1ccc(F)c(Cl)c1. The van der Waals surface area contributed by atoms with Gasteiger partial charge in [-0.05, 0) is 43.5 Å². The van der Waals surface area contributed by atoms with Gasteiger partial charge >= 0.3 is 6.03 Å². The van der Waals surface area contributed by atoms with Gasteiger partial charge in [0.15, 0.2) is 0 Å². The van der Waals surface area contributed by atoms with E-state index in [-0.39, 0.29) is 22.7 Å². The summed E-state index contributed by atoms with van der Waals surface area (Å²) >= 11 is 5.76. The number of pyridine rings is 1. The number of hydrogen-bond acceptors (Lipinski definition) is 2. The molecule has 0 fully saturated rings. The van der Waals surface area contributed by atoms with Crippen molar-refractivity contribution in [1.82, 2.24) is 9.88 Å². The lowest BCUT2D eigenvalue weighted by Crippen LogP contribution is -2.34. The molecule has 0 saturated heterocycles. The third kappa shape index (κ3) is 3.66. The molecule has 0 aliphatic carbocycles. The summed E-state index contributed by atoms with van der Waals surface area (Å²) in [6.45, 7) is 3.69. The molecule has 1 aromatic heterocycles. The van der Waals surface area contributed by atoms with Gasteiger partial charge in [-0.15, -0.1) is 0 Å². The van der Waals surface area contributed by atoms with E-state index in [2.05, 4.69) is 10.3 Å². The Morgan fingerprint density at radius 3 is 2.56 bits per heavy atom. The number of carbonyl (C=O) groups is 1. The highest BCUT2D eigenvalue weighted by Crippen LogP contribution is 2.28. The monoisotopic (exact) mass is 387 g/mol. The van der Waals surface area contributed by atoms with E-state index in [9.17, 15) is 14.0 Å². The third-order valence-corrected chi connectivity index (χ3v) is 4.95. The number of fused-ring (bicyclic) bond motifs is 1. The fraction of sp³-hybridized carbons (Fsp3) is 0.200. The van der Waals surface area contributed by atoms with Crippen molar-refractivity contribution in [3.05, 3.63) is 74.9 Å². The van der Waals surface area contributed by atoms with Gasteiger partial charge < -0.3 is 15.2 Å². The van der Waals surface area contributed by atoms with Crippen LogP contribution in [0.2, 0.25) is 5.02 Å². The molecule has 2 aromatic carbocycles. The topological polar surface area (TPSA) is 65.2 Å². The second-order valence-electron chi connectivity index (χ2n) is 6.38. The molecule has 0 radical (unpaired) electrons. The van der Waals surface area contributed by atoms with Gasteiger partial charge in [0.25, 0.3) is 5.56 Å². The van der Waals surface area contributed by atoms with E-state index in [1.54, 1.807) is 19.2 Å². The molecule has 7 heteroatoms. The number of H-pyrrole nitrogens is 1. The Morgan fingerprint density at radius 2 is 1.89 bits per heavy atom. The average molecular weight is 388 g/mol. The van der Waals surface area contributed by atoms with E-state index in [4.69, 9.17) is 11.6 Å². The van der Waals surface area contributed by atoms with Crippen LogP contribution in [0.15, 0.2) is 47.3 Å². The molecule has 5 nitrogen and oxygen atoms in total. The van der Waals surface area contributed by atoms with Crippen LogP contribution in [-0.2, 0) is 0 Å². The lowest BCUT2D eigenvalue weighted by Gasteiger charge is -2.27. The van der Waals surface area contributed by atoms with E-state index in [0.29, 0.717) is 16.8 Å². The highest BCUT2D eigenvalue weighted by Gasteiger charge is 2.22. The first-order chi connectivity index (χ1) is 12.8. The van der Waals surface area contributed by atoms with Crippen molar-refractivity contribution in [2.75, 3.05) is 12.4 Å². The molecule has 3 aromatic rings. The summed E-state index contributed by atoms with van der Waals surface area (Å²) in [5.74, 6) is -0.549. The molecule has 1 atom stereocenters. The van der Waals surface area contributed by atoms with Gasteiger partial charge in [-0.1, -0.05) is 29.8 Å². The molecule has 3 rings (SSSR count). The van der Waals surface area contributed by atoms with Crippen LogP contribution >= 0.6 is 11.6 Å². The first-order valence-electron chi connectivity index (χ1n) is 8.40. The number of anilines is 1. The van der Waals surface area contributed by atoms with Crippen molar-refractivity contribution in [3.63, 3.8) is 0 Å². The predicted octanol–water partition coefficient (Wildman–Crippen LogP) is 4.85. The molecule has 0 aliphatic rings. The number of rotatable bonds is 3. The van der Waals surface area contributed by atoms with Crippen molar-refractivity contribution in [3.8, 4) is 0 Å². The van der Waals surface area contributed by atoms with Crippen molar-refractivity contribution in [2.45, 2.75) is 19.9 Å². The number of halogens is 2. The second-order valence-corrected chi connectivity index (χ2v) is 6.79. The number of carbonyl (C=O) groups excluding carboxylic acids is 1. The van der Waals surface area contributed by atoms with E-state index < -0.39 is 5.82 Å². The average Bonchev–Trinajstić information content (AvgIpc) is 2.64. The van der Waals surface area contributed by atoms with Gasteiger partial charge in [0.2, 0.25) is 0 Å². The van der Waals surface area contributed by atoms with Gasteiger partial charge in [0, 0.05) is 29.4 Å². The Labute approximate surface area is 160 Å². The van der Waals surface area contributed by atoms with E-state index >= 15 is 0 Å². The van der Waals surface area contributed by atoms with Crippen LogP contribution in [0.25, 0.3) is 10.8 Å². The van der Waals surface area contributed by atoms with Crippen molar-refractivity contribution < 1.29 is 9.18 Å². The van der Waals surface area contributed by atoms with Crippen LogP contribution in [-0.4, -0.2) is 23.0 Å². The number of aryl methyl sites for hydroxylation is 1. The van der Waals surface area contributed by atoms with Crippen LogP contribution in [0.1, 0.15) is 24.2 Å². The molecule has 0 spiro atoms. The minimum Gasteiger partial charge on any atom is -0.326 e. The zero-order chi connectivity index (χ0) is 19.7. The smallest absolute Gasteiger partial charge is 0.322 e. The van der Waals surface area contributed by atoms with E-state index in [1.807, 2.05) is 26.0 Å². The summed E-state index contributed by atoms with van der Waals surface area (Å²) in [4.78, 5) is 29.2. The van der Waals surface area contributed by atoms with E-state index in [1.165, 1.54) is 23.1 Å². The zero-order valence-electron chi connectivity index (χ0n) is 15.1. The number of hydrogen-bond donors (Lipinski definition) is 2. The largest absolute Gasteiger partial charge is 0.326 e. The minimum absolute atomic E-state index is 0.0639. The Bertz CT molecular complexity index is 1080. The lowest BCUT2D eigenvalue weighted by atomic mass is 9.98. The predicted molar refractivity (Wildman–Crippen MR) is 106 cm³/mol. The molecular formula is C20H19ClFN3O2. The van der Waals surface area contributed by atoms with Crippen LogP contribution in [0, 0.1) is 12.7 Å². The number of aromatic amines is 1. The molecule has 1 heterocycles. The van der Waals surface area contributed by atoms with Crippen molar-refractivity contribution in [2.24, 2.45) is 0 Å². The highest BCUT2D eigenvalue weighted by molar-refractivity contribution is 6.31. The van der Waals surface area contributed by atoms with Gasteiger partial charge in [-0.2, -0.15) is 0 Å². The molecule has 2 amide bonds. The van der Waals surface area contributed by atoms with Gasteiger partial charge in [-0.3, -0.25) is 4.79 Å². The molecule has 140 valence electrons. The maximum absolute atomic E-state index is 13.3. The molecule has 0 unspecified atom stereocenters. The number of urea groups is 1. The Balaban J connectivity index is 1.92. The Morgan fingerprint density at radius 1 is 1.22 bits per heavy atom. The highest BCUT2D eigenvalue weighted by atomic mass is 35.5. The summed E-state index contributed by atoms with van der Waals surface area (Å²) in [7, 11) is 1.66. The van der Waals surface area contributed by atoms with Gasteiger partial charge in [-0.25, -0.2) is 9.18 Å². The van der Waals surface area contributed by atoms with Crippen LogP contribution < -0.4 is 10.9 Å². The van der Waals surface area contributed by atoms with E-state index in [0.717, 1.165) is 10.9 Å². The fourth-order valence-electron chi connectivity index (χ4n) is 3.12. The third-order valence-electron chi connectivity index (χ3n) is 4.66. The lowest BCUT2D eigenvalue weighted by molar-refractivity contribution is 0.208. The summed E-state index contributed by atoms with van der Waals surface area (Å²) in [5.41, 5.74) is 1.80. The molecular weight excluding hydrogens is 369 g/mol. The number of aromatic nitrogens is 1. The maximum atomic E-state index is 13.3. The maximum Gasteiger partial charge on any atom is 0.322 e. The normalized spacial score (nSPS) is 12.0. The molecule has 2 N–H and O–H groups in total. The van der Waals surface area contributed by atoms with Crippen LogP contribution in [0.3, 0.4) is 0 Å². The van der Waals surface area contributed by atoms with Gasteiger partial charge in [0.05, 0.1) is 11.1 Å². The Kier molecular flexibility index (Phi) is 5.19. The molecule has 0 saturated carbocycles. The molecule has 0 aliphatic heterocycles. The number of benzene rings is 2. The first kappa shape index (κ1) is 18.9. The summed E-state index contributed by atoms with van der Waals surface area (Å²) in [5, 5.41) is 4.01. The quantitative estimate of drug-likeness (QED) is 0.674. The zero-order valence-corrected chi connectivity index (χ0v) is 15.9. The number of nitrogens with zero attached hydrogens (tertiary/aromatic N) is 1. The van der Waals surface area contributed by atoms with Crippen molar-refractivity contribution >= 4 is 34.1 Å². The minimum atomic E-state index is -0.549. The second kappa shape index (κ2) is 7.40. The van der Waals surface area contributed by atoms with Crippen LogP contribution in [0.4, 0.5) is 14.9 Å². The fourth-order valence-corrected chi connectivity index (χ4v) is 3.30. The van der Waals surface area contributed by atoms with Crippen molar-refractivity contribution in [1.29, 1.82) is 0 Å².